The van der Waals surface area contributed by atoms with Crippen molar-refractivity contribution in [3.8, 4) is 0 Å². The summed E-state index contributed by atoms with van der Waals surface area (Å²) in [6.45, 7) is 3.88. The maximum absolute atomic E-state index is 12.8. The number of hydrogen-bond acceptors (Lipinski definition) is 4. The molecule has 0 bridgehead atoms. The Hall–Kier alpha value is -1.54. The quantitative estimate of drug-likeness (QED) is 0.576. The summed E-state index contributed by atoms with van der Waals surface area (Å²) in [5, 5.41) is 0. The van der Waals surface area contributed by atoms with E-state index in [1.54, 1.807) is 24.3 Å². The van der Waals surface area contributed by atoms with Gasteiger partial charge < -0.3 is 9.08 Å². The fourth-order valence-electron chi connectivity index (χ4n) is 2.66. The van der Waals surface area contributed by atoms with Crippen molar-refractivity contribution in [2.24, 2.45) is 0 Å². The summed E-state index contributed by atoms with van der Waals surface area (Å²) in [5.74, 6) is -0.186. The van der Waals surface area contributed by atoms with E-state index in [1.165, 1.54) is 0 Å². The average molecular weight is 377 g/mol. The largest absolute Gasteiger partial charge is 0.534 e. The van der Waals surface area contributed by atoms with Crippen molar-refractivity contribution in [3.63, 3.8) is 0 Å². The fraction of sp³-hybridized carbons (Fsp3) is 0.529. The van der Waals surface area contributed by atoms with E-state index in [2.05, 4.69) is 4.18 Å². The minimum absolute atomic E-state index is 0.186. The molecule has 1 aromatic rings. The SMILES string of the molecule is CN(C)C(C)(C)CC1=C(OS(=O)(=O)C(F)(F)F)c2ccccc2CC1. The molecule has 0 atom stereocenters. The molecule has 1 aliphatic carbocycles. The molecule has 140 valence electrons. The predicted molar refractivity (Wildman–Crippen MR) is 90.1 cm³/mol. The molecular weight excluding hydrogens is 355 g/mol. The van der Waals surface area contributed by atoms with Gasteiger partial charge in [-0.05, 0) is 58.3 Å². The fourth-order valence-corrected chi connectivity index (χ4v) is 3.18. The molecule has 0 N–H and O–H groups in total. The van der Waals surface area contributed by atoms with Gasteiger partial charge in [0.2, 0.25) is 0 Å². The molecule has 0 amide bonds. The van der Waals surface area contributed by atoms with Gasteiger partial charge in [-0.2, -0.15) is 21.6 Å². The van der Waals surface area contributed by atoms with Gasteiger partial charge in [-0.1, -0.05) is 24.3 Å². The van der Waals surface area contributed by atoms with Crippen LogP contribution in [0, 0.1) is 0 Å². The Kier molecular flexibility index (Phi) is 5.26. The minimum Gasteiger partial charge on any atom is -0.375 e. The van der Waals surface area contributed by atoms with E-state index in [0.717, 1.165) is 5.56 Å². The maximum atomic E-state index is 12.8. The number of hydrogen-bond donors (Lipinski definition) is 0. The van der Waals surface area contributed by atoms with Crippen molar-refractivity contribution in [2.75, 3.05) is 14.1 Å². The van der Waals surface area contributed by atoms with Crippen LogP contribution in [-0.4, -0.2) is 38.5 Å². The lowest BCUT2D eigenvalue weighted by atomic mass is 9.84. The van der Waals surface area contributed by atoms with Crippen LogP contribution in [0.1, 0.15) is 37.8 Å². The van der Waals surface area contributed by atoms with Crippen LogP contribution in [0.15, 0.2) is 29.8 Å². The summed E-state index contributed by atoms with van der Waals surface area (Å²) in [6, 6.07) is 6.79. The van der Waals surface area contributed by atoms with Crippen LogP contribution < -0.4 is 0 Å². The number of aryl methyl sites for hydroxylation is 1. The monoisotopic (exact) mass is 377 g/mol. The van der Waals surface area contributed by atoms with E-state index >= 15 is 0 Å². The zero-order valence-corrected chi connectivity index (χ0v) is 15.5. The lowest BCUT2D eigenvalue weighted by Gasteiger charge is -2.35. The van der Waals surface area contributed by atoms with Crippen LogP contribution in [0.2, 0.25) is 0 Å². The van der Waals surface area contributed by atoms with Gasteiger partial charge in [-0.3, -0.25) is 0 Å². The minimum atomic E-state index is -5.72. The Balaban J connectivity index is 2.55. The molecule has 0 fully saturated rings. The molecule has 0 aliphatic heterocycles. The molecule has 0 saturated carbocycles. The molecule has 0 radical (unpaired) electrons. The summed E-state index contributed by atoms with van der Waals surface area (Å²) < 4.78 is 66.2. The molecule has 4 nitrogen and oxygen atoms in total. The van der Waals surface area contributed by atoms with Crippen molar-refractivity contribution < 1.29 is 25.8 Å². The van der Waals surface area contributed by atoms with Crippen LogP contribution in [-0.2, 0) is 20.7 Å². The van der Waals surface area contributed by atoms with Crippen LogP contribution in [0.4, 0.5) is 13.2 Å². The molecule has 0 saturated heterocycles. The van der Waals surface area contributed by atoms with Crippen LogP contribution in [0.3, 0.4) is 0 Å². The normalized spacial score (nSPS) is 16.2. The van der Waals surface area contributed by atoms with Gasteiger partial charge in [0, 0.05) is 11.1 Å². The summed E-state index contributed by atoms with van der Waals surface area (Å²) >= 11 is 0. The van der Waals surface area contributed by atoms with Gasteiger partial charge in [0.15, 0.2) is 0 Å². The highest BCUT2D eigenvalue weighted by Crippen LogP contribution is 2.39. The Bertz CT molecular complexity index is 781. The predicted octanol–water partition coefficient (Wildman–Crippen LogP) is 3.94. The number of nitrogens with zero attached hydrogens (tertiary/aromatic N) is 1. The molecule has 2 rings (SSSR count). The van der Waals surface area contributed by atoms with E-state index in [4.69, 9.17) is 0 Å². The van der Waals surface area contributed by atoms with Gasteiger partial charge in [-0.15, -0.1) is 0 Å². The standard InChI is InChI=1S/C17H22F3NO3S/c1-16(2,21(3)4)11-13-10-9-12-7-5-6-8-14(12)15(13)24-25(22,23)17(18,19)20/h5-8H,9-11H2,1-4H3. The Morgan fingerprint density at radius 2 is 1.72 bits per heavy atom. The molecule has 8 heteroatoms. The van der Waals surface area contributed by atoms with E-state index in [0.29, 0.717) is 30.4 Å². The van der Waals surface area contributed by atoms with E-state index in [-0.39, 0.29) is 11.3 Å². The van der Waals surface area contributed by atoms with Crippen LogP contribution in [0.25, 0.3) is 5.76 Å². The number of halogens is 3. The van der Waals surface area contributed by atoms with Crippen molar-refractivity contribution in [3.05, 3.63) is 41.0 Å². The summed E-state index contributed by atoms with van der Waals surface area (Å²) in [7, 11) is -1.99. The highest BCUT2D eigenvalue weighted by molar-refractivity contribution is 7.87. The molecule has 1 aliphatic rings. The molecule has 1 aromatic carbocycles. The zero-order chi connectivity index (χ0) is 19.0. The van der Waals surface area contributed by atoms with Crippen molar-refractivity contribution in [2.45, 2.75) is 44.2 Å². The first-order valence-corrected chi connectivity index (χ1v) is 9.24. The molecule has 0 unspecified atom stereocenters. The third-order valence-electron chi connectivity index (χ3n) is 4.61. The highest BCUT2D eigenvalue weighted by atomic mass is 32.2. The number of alkyl halides is 3. The zero-order valence-electron chi connectivity index (χ0n) is 14.6. The second kappa shape index (κ2) is 6.64. The third kappa shape index (κ3) is 4.17. The lowest BCUT2D eigenvalue weighted by molar-refractivity contribution is -0.0509. The first kappa shape index (κ1) is 19.8. The Labute approximate surface area is 146 Å². The van der Waals surface area contributed by atoms with E-state index < -0.39 is 15.6 Å². The van der Waals surface area contributed by atoms with Gasteiger partial charge in [0.05, 0.1) is 0 Å². The van der Waals surface area contributed by atoms with Crippen molar-refractivity contribution in [1.82, 2.24) is 4.90 Å². The second-order valence-electron chi connectivity index (χ2n) is 6.96. The molecule has 25 heavy (non-hydrogen) atoms. The van der Waals surface area contributed by atoms with Gasteiger partial charge >= 0.3 is 15.6 Å². The van der Waals surface area contributed by atoms with Crippen molar-refractivity contribution >= 4 is 15.9 Å². The van der Waals surface area contributed by atoms with E-state index in [9.17, 15) is 21.6 Å². The molecular formula is C17H22F3NO3S. The highest BCUT2D eigenvalue weighted by Gasteiger charge is 2.49. The Morgan fingerprint density at radius 1 is 1.12 bits per heavy atom. The summed E-state index contributed by atoms with van der Waals surface area (Å²) in [5.41, 5.74) is -4.06. The van der Waals surface area contributed by atoms with Gasteiger partial charge in [0.25, 0.3) is 0 Å². The maximum Gasteiger partial charge on any atom is 0.534 e. The third-order valence-corrected chi connectivity index (χ3v) is 5.57. The average Bonchev–Trinajstić information content (AvgIpc) is 2.48. The van der Waals surface area contributed by atoms with Crippen molar-refractivity contribution in [1.29, 1.82) is 0 Å². The first-order valence-electron chi connectivity index (χ1n) is 7.83. The molecule has 0 heterocycles. The number of benzene rings is 1. The lowest BCUT2D eigenvalue weighted by Crippen LogP contribution is -2.39. The molecule has 0 spiro atoms. The smallest absolute Gasteiger partial charge is 0.375 e. The van der Waals surface area contributed by atoms with Gasteiger partial charge in [-0.25, -0.2) is 0 Å². The number of fused-ring (bicyclic) bond motifs is 1. The topological polar surface area (TPSA) is 46.6 Å². The van der Waals surface area contributed by atoms with Crippen LogP contribution in [0.5, 0.6) is 0 Å². The molecule has 0 aromatic heterocycles. The Morgan fingerprint density at radius 3 is 2.28 bits per heavy atom. The summed E-state index contributed by atoms with van der Waals surface area (Å²) in [6.07, 6.45) is 1.49. The first-order chi connectivity index (χ1) is 11.3. The summed E-state index contributed by atoms with van der Waals surface area (Å²) in [4.78, 5) is 1.94. The number of rotatable bonds is 5. The van der Waals surface area contributed by atoms with E-state index in [1.807, 2.05) is 32.8 Å². The van der Waals surface area contributed by atoms with Gasteiger partial charge in [0.1, 0.15) is 5.76 Å². The van der Waals surface area contributed by atoms with Crippen LogP contribution >= 0.6 is 0 Å². The second-order valence-corrected chi connectivity index (χ2v) is 8.49.